The minimum atomic E-state index is -0.379. The van der Waals surface area contributed by atoms with Crippen molar-refractivity contribution < 1.29 is 14.4 Å². The number of hydrogen-bond donors (Lipinski definition) is 1. The van der Waals surface area contributed by atoms with Crippen molar-refractivity contribution in [2.75, 3.05) is 4.90 Å². The maximum atomic E-state index is 11.5. The van der Waals surface area contributed by atoms with Crippen LogP contribution in [-0.4, -0.2) is 17.7 Å². The number of anilines is 1. The first-order valence-corrected chi connectivity index (χ1v) is 5.51. The average Bonchev–Trinajstić information content (AvgIpc) is 2.67. The zero-order valence-electron chi connectivity index (χ0n) is 9.63. The predicted molar refractivity (Wildman–Crippen MR) is 65.6 cm³/mol. The molecule has 2 N–H and O–H groups in total. The van der Waals surface area contributed by atoms with Crippen molar-refractivity contribution >= 4 is 23.4 Å². The van der Waals surface area contributed by atoms with Crippen LogP contribution in [0, 0.1) is 0 Å². The van der Waals surface area contributed by atoms with E-state index in [1.165, 1.54) is 12.2 Å². The first kappa shape index (κ1) is 12.0. The highest BCUT2D eigenvalue weighted by atomic mass is 16.2. The summed E-state index contributed by atoms with van der Waals surface area (Å²) in [6.07, 6.45) is 3.20. The molecule has 0 spiro atoms. The number of imide groups is 1. The van der Waals surface area contributed by atoms with Gasteiger partial charge in [-0.15, -0.1) is 0 Å². The first-order chi connectivity index (χ1) is 8.58. The molecule has 1 aliphatic heterocycles. The number of nitrogens with zero attached hydrogens (tertiary/aromatic N) is 1. The van der Waals surface area contributed by atoms with Crippen LogP contribution in [0.4, 0.5) is 5.69 Å². The molecule has 0 radical (unpaired) electrons. The molecule has 92 valence electrons. The van der Waals surface area contributed by atoms with Gasteiger partial charge in [0.05, 0.1) is 5.69 Å². The van der Waals surface area contributed by atoms with Crippen LogP contribution in [0.25, 0.3) is 0 Å². The summed E-state index contributed by atoms with van der Waals surface area (Å²) in [4.78, 5) is 34.8. The van der Waals surface area contributed by atoms with Gasteiger partial charge in [-0.2, -0.15) is 0 Å². The fourth-order valence-electron chi connectivity index (χ4n) is 1.77. The number of rotatable bonds is 4. The molecule has 1 aliphatic rings. The fourth-order valence-corrected chi connectivity index (χ4v) is 1.77. The van der Waals surface area contributed by atoms with Gasteiger partial charge in [0.2, 0.25) is 5.91 Å². The molecule has 5 nitrogen and oxygen atoms in total. The Bertz CT molecular complexity index is 531. The van der Waals surface area contributed by atoms with Gasteiger partial charge in [0.1, 0.15) is 0 Å². The molecule has 0 saturated carbocycles. The van der Waals surface area contributed by atoms with Gasteiger partial charge < -0.3 is 5.73 Å². The maximum absolute atomic E-state index is 11.5. The number of amides is 3. The predicted octanol–water partition coefficient (Wildman–Crippen LogP) is 0.534. The largest absolute Gasteiger partial charge is 0.370 e. The summed E-state index contributed by atoms with van der Waals surface area (Å²) in [5, 5.41) is 0. The summed E-state index contributed by atoms with van der Waals surface area (Å²) in [6, 6.07) is 6.96. The SMILES string of the molecule is NC(=O)CCc1cccc(N2C(=O)C=CC2=O)c1. The number of carbonyl (C=O) groups excluding carboxylic acids is 3. The minimum Gasteiger partial charge on any atom is -0.370 e. The second-order valence-electron chi connectivity index (χ2n) is 3.98. The summed E-state index contributed by atoms with van der Waals surface area (Å²) >= 11 is 0. The van der Waals surface area contributed by atoms with E-state index in [1.54, 1.807) is 18.2 Å². The standard InChI is InChI=1S/C13H12N2O3/c14-11(16)5-4-9-2-1-3-10(8-9)15-12(17)6-7-13(15)18/h1-3,6-8H,4-5H2,(H2,14,16). The first-order valence-electron chi connectivity index (χ1n) is 5.51. The van der Waals surface area contributed by atoms with E-state index in [0.29, 0.717) is 12.1 Å². The molecule has 0 aromatic heterocycles. The van der Waals surface area contributed by atoms with Crippen molar-refractivity contribution in [3.8, 4) is 0 Å². The molecule has 1 heterocycles. The van der Waals surface area contributed by atoms with Crippen LogP contribution in [0.3, 0.4) is 0 Å². The molecule has 1 aromatic carbocycles. The van der Waals surface area contributed by atoms with Gasteiger partial charge in [0.25, 0.3) is 11.8 Å². The number of carbonyl (C=O) groups is 3. The van der Waals surface area contributed by atoms with Gasteiger partial charge in [0.15, 0.2) is 0 Å². The molecule has 0 saturated heterocycles. The minimum absolute atomic E-state index is 0.240. The van der Waals surface area contributed by atoms with Crippen LogP contribution in [-0.2, 0) is 20.8 Å². The van der Waals surface area contributed by atoms with Crippen molar-refractivity contribution in [2.24, 2.45) is 5.73 Å². The zero-order chi connectivity index (χ0) is 13.1. The van der Waals surface area contributed by atoms with Crippen molar-refractivity contribution in [1.82, 2.24) is 0 Å². The molecule has 18 heavy (non-hydrogen) atoms. The van der Waals surface area contributed by atoms with Crippen LogP contribution < -0.4 is 10.6 Å². The van der Waals surface area contributed by atoms with Crippen molar-refractivity contribution in [3.05, 3.63) is 42.0 Å². The van der Waals surface area contributed by atoms with Gasteiger partial charge >= 0.3 is 0 Å². The number of nitrogens with two attached hydrogens (primary N) is 1. The topological polar surface area (TPSA) is 80.5 Å². The normalized spacial score (nSPS) is 14.3. The summed E-state index contributed by atoms with van der Waals surface area (Å²) in [7, 11) is 0. The van der Waals surface area contributed by atoms with E-state index in [1.807, 2.05) is 6.07 Å². The molecule has 3 amide bonds. The third kappa shape index (κ3) is 2.45. The van der Waals surface area contributed by atoms with E-state index in [9.17, 15) is 14.4 Å². The molecule has 0 bridgehead atoms. The smallest absolute Gasteiger partial charge is 0.258 e. The van der Waals surface area contributed by atoms with Crippen LogP contribution in [0.1, 0.15) is 12.0 Å². The number of aryl methyl sites for hydroxylation is 1. The fraction of sp³-hybridized carbons (Fsp3) is 0.154. The van der Waals surface area contributed by atoms with E-state index in [0.717, 1.165) is 10.5 Å². The molecular formula is C13H12N2O3. The van der Waals surface area contributed by atoms with E-state index in [4.69, 9.17) is 5.73 Å². The Morgan fingerprint density at radius 2 is 1.83 bits per heavy atom. The van der Waals surface area contributed by atoms with E-state index in [-0.39, 0.29) is 24.1 Å². The molecule has 0 aliphatic carbocycles. The Morgan fingerprint density at radius 1 is 1.17 bits per heavy atom. The van der Waals surface area contributed by atoms with Gasteiger partial charge in [-0.05, 0) is 24.1 Å². The Balaban J connectivity index is 2.19. The van der Waals surface area contributed by atoms with Gasteiger partial charge in [-0.1, -0.05) is 12.1 Å². The number of primary amides is 1. The third-order valence-corrected chi connectivity index (χ3v) is 2.64. The highest BCUT2D eigenvalue weighted by Crippen LogP contribution is 2.20. The van der Waals surface area contributed by atoms with E-state index >= 15 is 0 Å². The van der Waals surface area contributed by atoms with Crippen molar-refractivity contribution in [1.29, 1.82) is 0 Å². The lowest BCUT2D eigenvalue weighted by Crippen LogP contribution is -2.29. The summed E-state index contributed by atoms with van der Waals surface area (Å²) in [5.41, 5.74) is 6.45. The monoisotopic (exact) mass is 244 g/mol. The number of hydrogen-bond acceptors (Lipinski definition) is 3. The Morgan fingerprint density at radius 3 is 2.44 bits per heavy atom. The summed E-state index contributed by atoms with van der Waals surface area (Å²) in [6.45, 7) is 0. The molecule has 0 unspecified atom stereocenters. The quantitative estimate of drug-likeness (QED) is 0.785. The second kappa shape index (κ2) is 4.83. The molecule has 2 rings (SSSR count). The second-order valence-corrected chi connectivity index (χ2v) is 3.98. The van der Waals surface area contributed by atoms with Crippen LogP contribution in [0.15, 0.2) is 36.4 Å². The maximum Gasteiger partial charge on any atom is 0.258 e. The van der Waals surface area contributed by atoms with E-state index in [2.05, 4.69) is 0 Å². The van der Waals surface area contributed by atoms with Crippen LogP contribution in [0.5, 0.6) is 0 Å². The molecule has 5 heteroatoms. The Kier molecular flexibility index (Phi) is 3.23. The highest BCUT2D eigenvalue weighted by Gasteiger charge is 2.24. The van der Waals surface area contributed by atoms with Crippen molar-refractivity contribution in [2.45, 2.75) is 12.8 Å². The number of benzene rings is 1. The van der Waals surface area contributed by atoms with Gasteiger partial charge in [-0.3, -0.25) is 14.4 Å². The molecule has 0 atom stereocenters. The average molecular weight is 244 g/mol. The van der Waals surface area contributed by atoms with Crippen molar-refractivity contribution in [3.63, 3.8) is 0 Å². The molecular weight excluding hydrogens is 232 g/mol. The Labute approximate surface area is 104 Å². The third-order valence-electron chi connectivity index (χ3n) is 2.64. The van der Waals surface area contributed by atoms with Gasteiger partial charge in [0, 0.05) is 18.6 Å². The van der Waals surface area contributed by atoms with Crippen LogP contribution in [0.2, 0.25) is 0 Å². The summed E-state index contributed by atoms with van der Waals surface area (Å²) < 4.78 is 0. The lowest BCUT2D eigenvalue weighted by Gasteiger charge is -2.14. The van der Waals surface area contributed by atoms with E-state index < -0.39 is 0 Å². The lowest BCUT2D eigenvalue weighted by molar-refractivity contribution is -0.120. The Hall–Kier alpha value is -2.43. The zero-order valence-corrected chi connectivity index (χ0v) is 9.63. The lowest BCUT2D eigenvalue weighted by atomic mass is 10.1. The van der Waals surface area contributed by atoms with Crippen LogP contribution >= 0.6 is 0 Å². The summed E-state index contributed by atoms with van der Waals surface area (Å²) in [5.74, 6) is -1.09. The van der Waals surface area contributed by atoms with Gasteiger partial charge in [-0.25, -0.2) is 4.90 Å². The molecule has 0 fully saturated rings. The molecule has 1 aromatic rings. The highest BCUT2D eigenvalue weighted by molar-refractivity contribution is 6.28.